The highest BCUT2D eigenvalue weighted by atomic mass is 35.5. The molecule has 0 radical (unpaired) electrons. The van der Waals surface area contributed by atoms with E-state index in [4.69, 9.17) is 28.5 Å². The van der Waals surface area contributed by atoms with Gasteiger partial charge >= 0.3 is 0 Å². The molecule has 1 aromatic rings. The number of nitriles is 1. The summed E-state index contributed by atoms with van der Waals surface area (Å²) in [5.74, 6) is 1.13. The van der Waals surface area contributed by atoms with Gasteiger partial charge in [-0.2, -0.15) is 5.26 Å². The number of hydrogen-bond donors (Lipinski definition) is 0. The lowest BCUT2D eigenvalue weighted by atomic mass is 10.1. The van der Waals surface area contributed by atoms with Crippen molar-refractivity contribution in [2.75, 3.05) is 5.75 Å². The minimum Gasteiger partial charge on any atom is -0.259 e. The number of alkyl halides is 2. The highest BCUT2D eigenvalue weighted by Gasteiger charge is 2.51. The quantitative estimate of drug-likeness (QED) is 0.801. The van der Waals surface area contributed by atoms with Crippen molar-refractivity contribution in [2.24, 2.45) is 5.92 Å². The van der Waals surface area contributed by atoms with Crippen molar-refractivity contribution < 1.29 is 4.21 Å². The molecule has 1 aliphatic rings. The molecule has 0 aliphatic heterocycles. The van der Waals surface area contributed by atoms with E-state index in [2.05, 4.69) is 6.07 Å². The number of hydrogen-bond acceptors (Lipinski definition) is 2. The molecule has 0 aromatic heterocycles. The van der Waals surface area contributed by atoms with Crippen LogP contribution in [0.5, 0.6) is 0 Å². The molecule has 0 N–H and O–H groups in total. The molecule has 1 fully saturated rings. The molecule has 2 nitrogen and oxygen atoms in total. The normalized spacial score (nSPS) is 22.2. The van der Waals surface area contributed by atoms with Gasteiger partial charge in [-0.3, -0.25) is 4.21 Å². The zero-order valence-electron chi connectivity index (χ0n) is 9.95. The Bertz CT molecular complexity index is 536. The minimum atomic E-state index is -0.980. The van der Waals surface area contributed by atoms with Crippen LogP contribution >= 0.6 is 23.2 Å². The maximum Gasteiger partial charge on any atom is 0.122 e. The fraction of sp³-hybridized carbons (Fsp3) is 0.462. The van der Waals surface area contributed by atoms with Gasteiger partial charge in [-0.1, -0.05) is 12.1 Å². The summed E-state index contributed by atoms with van der Waals surface area (Å²) in [6.07, 6.45) is 0.721. The van der Waals surface area contributed by atoms with Crippen molar-refractivity contribution in [2.45, 2.75) is 23.4 Å². The molecule has 18 heavy (non-hydrogen) atoms. The van der Waals surface area contributed by atoms with E-state index < -0.39 is 15.1 Å². The first kappa shape index (κ1) is 13.9. The van der Waals surface area contributed by atoms with Crippen molar-refractivity contribution in [1.82, 2.24) is 0 Å². The van der Waals surface area contributed by atoms with Crippen LogP contribution in [-0.4, -0.2) is 14.3 Å². The lowest BCUT2D eigenvalue weighted by Crippen LogP contribution is -2.06. The zero-order valence-corrected chi connectivity index (χ0v) is 12.3. The van der Waals surface area contributed by atoms with E-state index in [1.165, 1.54) is 0 Å². The average molecular weight is 302 g/mol. The summed E-state index contributed by atoms with van der Waals surface area (Å²) >= 11 is 11.8. The molecule has 2 atom stereocenters. The number of halogens is 2. The number of aryl methyl sites for hydroxylation is 1. The van der Waals surface area contributed by atoms with Gasteiger partial charge < -0.3 is 0 Å². The maximum atomic E-state index is 11.9. The summed E-state index contributed by atoms with van der Waals surface area (Å²) in [5.41, 5.74) is 2.50. The minimum absolute atomic E-state index is 0.141. The summed E-state index contributed by atoms with van der Waals surface area (Å²) in [6, 6.07) is 7.73. The summed E-state index contributed by atoms with van der Waals surface area (Å²) < 4.78 is 11.3. The number of rotatable bonds is 4. The summed E-state index contributed by atoms with van der Waals surface area (Å²) in [7, 11) is -0.980. The van der Waals surface area contributed by atoms with Crippen molar-refractivity contribution >= 4 is 34.0 Å². The van der Waals surface area contributed by atoms with Crippen LogP contribution in [0.15, 0.2) is 18.2 Å². The lowest BCUT2D eigenvalue weighted by Gasteiger charge is -2.05. The van der Waals surface area contributed by atoms with E-state index in [9.17, 15) is 4.21 Å². The Morgan fingerprint density at radius 2 is 2.22 bits per heavy atom. The van der Waals surface area contributed by atoms with Crippen LogP contribution in [0.25, 0.3) is 0 Å². The first-order valence-electron chi connectivity index (χ1n) is 5.65. The van der Waals surface area contributed by atoms with Crippen LogP contribution in [-0.2, 0) is 16.6 Å². The second kappa shape index (κ2) is 5.21. The Labute approximate surface area is 119 Å². The average Bonchev–Trinajstić information content (AvgIpc) is 2.88. The highest BCUT2D eigenvalue weighted by molar-refractivity contribution is 7.84. The van der Waals surface area contributed by atoms with Crippen molar-refractivity contribution in [1.29, 1.82) is 5.26 Å². The first-order valence-corrected chi connectivity index (χ1v) is 7.89. The second-order valence-corrected chi connectivity index (χ2v) is 7.72. The van der Waals surface area contributed by atoms with Gasteiger partial charge in [0.15, 0.2) is 0 Å². The molecule has 5 heteroatoms. The SMILES string of the molecule is Cc1ccc(CS(=O)CC2CC2(Cl)Cl)cc1C#N. The molecule has 1 aliphatic carbocycles. The molecule has 0 amide bonds. The number of nitrogens with zero attached hydrogens (tertiary/aromatic N) is 1. The Balaban J connectivity index is 1.98. The lowest BCUT2D eigenvalue weighted by molar-refractivity contribution is 0.679. The predicted octanol–water partition coefficient (Wildman–Crippen LogP) is 3.31. The van der Waals surface area contributed by atoms with E-state index in [0.29, 0.717) is 17.1 Å². The number of benzene rings is 1. The van der Waals surface area contributed by atoms with Crippen molar-refractivity contribution in [3.8, 4) is 6.07 Å². The predicted molar refractivity (Wildman–Crippen MR) is 75.2 cm³/mol. The van der Waals surface area contributed by atoms with E-state index >= 15 is 0 Å². The van der Waals surface area contributed by atoms with Crippen LogP contribution in [0.3, 0.4) is 0 Å². The molecular formula is C13H13Cl2NOS. The van der Waals surface area contributed by atoms with Gasteiger partial charge in [0.25, 0.3) is 0 Å². The Kier molecular flexibility index (Phi) is 4.01. The standard InChI is InChI=1S/C13H13Cl2NOS/c1-9-2-3-10(4-11(9)6-16)7-18(17)8-12-5-13(12,14)15/h2-4,12H,5,7-8H2,1H3. The first-order chi connectivity index (χ1) is 8.42. The molecule has 0 heterocycles. The van der Waals surface area contributed by atoms with Gasteiger partial charge in [0.1, 0.15) is 4.33 Å². The fourth-order valence-electron chi connectivity index (χ4n) is 1.80. The summed E-state index contributed by atoms with van der Waals surface area (Å²) in [4.78, 5) is 0. The second-order valence-electron chi connectivity index (χ2n) is 4.67. The van der Waals surface area contributed by atoms with E-state index in [-0.39, 0.29) is 5.92 Å². The Morgan fingerprint density at radius 1 is 1.56 bits per heavy atom. The molecule has 2 unspecified atom stereocenters. The topological polar surface area (TPSA) is 40.9 Å². The zero-order chi connectivity index (χ0) is 13.3. The van der Waals surface area contributed by atoms with Gasteiger partial charge in [0.05, 0.1) is 11.6 Å². The fourth-order valence-corrected chi connectivity index (χ4v) is 4.03. The molecule has 0 spiro atoms. The van der Waals surface area contributed by atoms with Crippen LogP contribution < -0.4 is 0 Å². The van der Waals surface area contributed by atoms with E-state index in [0.717, 1.165) is 17.5 Å². The third-order valence-corrected chi connectivity index (χ3v) is 5.45. The summed E-state index contributed by atoms with van der Waals surface area (Å²) in [5, 5.41) is 8.94. The monoisotopic (exact) mass is 301 g/mol. The molecule has 0 saturated heterocycles. The molecule has 96 valence electrons. The largest absolute Gasteiger partial charge is 0.259 e. The van der Waals surface area contributed by atoms with Crippen molar-refractivity contribution in [3.63, 3.8) is 0 Å². The van der Waals surface area contributed by atoms with Crippen LogP contribution in [0.2, 0.25) is 0 Å². The highest BCUT2D eigenvalue weighted by Crippen LogP contribution is 2.53. The van der Waals surface area contributed by atoms with Crippen LogP contribution in [0, 0.1) is 24.2 Å². The van der Waals surface area contributed by atoms with Gasteiger partial charge in [-0.25, -0.2) is 0 Å². The van der Waals surface area contributed by atoms with Gasteiger partial charge in [0, 0.05) is 28.2 Å². The molecule has 1 aromatic carbocycles. The Hall–Kier alpha value is -0.560. The summed E-state index contributed by atoms with van der Waals surface area (Å²) in [6.45, 7) is 1.89. The van der Waals surface area contributed by atoms with Gasteiger partial charge in [0.2, 0.25) is 0 Å². The maximum absolute atomic E-state index is 11.9. The van der Waals surface area contributed by atoms with Gasteiger partial charge in [-0.05, 0) is 30.5 Å². The Morgan fingerprint density at radius 3 is 2.78 bits per heavy atom. The third-order valence-electron chi connectivity index (χ3n) is 3.09. The molecular weight excluding hydrogens is 289 g/mol. The van der Waals surface area contributed by atoms with Gasteiger partial charge in [-0.15, -0.1) is 23.2 Å². The third kappa shape index (κ3) is 3.26. The van der Waals surface area contributed by atoms with Crippen molar-refractivity contribution in [3.05, 3.63) is 34.9 Å². The van der Waals surface area contributed by atoms with E-state index in [1.54, 1.807) is 6.07 Å². The molecule has 1 saturated carbocycles. The molecule has 2 rings (SSSR count). The smallest absolute Gasteiger partial charge is 0.122 e. The van der Waals surface area contributed by atoms with Crippen LogP contribution in [0.1, 0.15) is 23.1 Å². The molecule has 0 bridgehead atoms. The van der Waals surface area contributed by atoms with Crippen LogP contribution in [0.4, 0.5) is 0 Å². The van der Waals surface area contributed by atoms with E-state index in [1.807, 2.05) is 19.1 Å².